The molecule has 0 aliphatic carbocycles. The maximum atomic E-state index is 12.9. The molecule has 2 aromatic carbocycles. The zero-order chi connectivity index (χ0) is 19.3. The quantitative estimate of drug-likeness (QED) is 0.752. The van der Waals surface area contributed by atoms with Gasteiger partial charge >= 0.3 is 0 Å². The Morgan fingerprint density at radius 1 is 1.08 bits per heavy atom. The standard InChI is InChI=1S/C21H25ClN2O2/c1-15(2)23(13-18-8-6-5-7-9-18)21(26)14-24(17(4)25)19-11-10-16(3)20(22)12-19/h5-12,15H,13-14H2,1-4H3. The Bertz CT molecular complexity index is 775. The fraction of sp³-hybridized carbons (Fsp3) is 0.333. The van der Waals surface area contributed by atoms with Gasteiger partial charge in [0.05, 0.1) is 0 Å². The van der Waals surface area contributed by atoms with Gasteiger partial charge in [0.1, 0.15) is 6.54 Å². The van der Waals surface area contributed by atoms with Gasteiger partial charge in [-0.25, -0.2) is 0 Å². The van der Waals surface area contributed by atoms with Crippen LogP contribution >= 0.6 is 11.6 Å². The predicted octanol–water partition coefficient (Wildman–Crippen LogP) is 4.44. The molecule has 2 amide bonds. The maximum Gasteiger partial charge on any atom is 0.243 e. The van der Waals surface area contributed by atoms with Crippen molar-refractivity contribution < 1.29 is 9.59 Å². The Kier molecular flexibility index (Phi) is 6.81. The monoisotopic (exact) mass is 372 g/mol. The smallest absolute Gasteiger partial charge is 0.243 e. The fourth-order valence-electron chi connectivity index (χ4n) is 2.70. The van der Waals surface area contributed by atoms with Crippen LogP contribution < -0.4 is 4.90 Å². The summed E-state index contributed by atoms with van der Waals surface area (Å²) in [6, 6.07) is 15.2. The highest BCUT2D eigenvalue weighted by Crippen LogP contribution is 2.23. The van der Waals surface area contributed by atoms with Crippen molar-refractivity contribution in [2.75, 3.05) is 11.4 Å². The number of hydrogen-bond donors (Lipinski definition) is 0. The number of carbonyl (C=O) groups is 2. The number of aryl methyl sites for hydroxylation is 1. The average molecular weight is 373 g/mol. The lowest BCUT2D eigenvalue weighted by Gasteiger charge is -2.30. The highest BCUT2D eigenvalue weighted by Gasteiger charge is 2.23. The van der Waals surface area contributed by atoms with E-state index in [2.05, 4.69) is 0 Å². The number of carbonyl (C=O) groups excluding carboxylic acids is 2. The molecule has 0 aliphatic rings. The van der Waals surface area contributed by atoms with Gasteiger partial charge in [-0.15, -0.1) is 0 Å². The first-order chi connectivity index (χ1) is 12.3. The summed E-state index contributed by atoms with van der Waals surface area (Å²) < 4.78 is 0. The summed E-state index contributed by atoms with van der Waals surface area (Å²) in [7, 11) is 0. The highest BCUT2D eigenvalue weighted by atomic mass is 35.5. The number of amides is 2. The molecule has 0 saturated carbocycles. The number of benzene rings is 2. The van der Waals surface area contributed by atoms with E-state index in [-0.39, 0.29) is 24.4 Å². The summed E-state index contributed by atoms with van der Waals surface area (Å²) in [5.41, 5.74) is 2.62. The molecule has 5 heteroatoms. The Morgan fingerprint density at radius 2 is 1.73 bits per heavy atom. The third kappa shape index (κ3) is 5.09. The maximum absolute atomic E-state index is 12.9. The summed E-state index contributed by atoms with van der Waals surface area (Å²) in [5, 5.41) is 0.575. The molecule has 0 radical (unpaired) electrons. The highest BCUT2D eigenvalue weighted by molar-refractivity contribution is 6.31. The third-order valence-electron chi connectivity index (χ3n) is 4.28. The van der Waals surface area contributed by atoms with E-state index < -0.39 is 0 Å². The van der Waals surface area contributed by atoms with E-state index in [1.165, 1.54) is 11.8 Å². The molecule has 26 heavy (non-hydrogen) atoms. The van der Waals surface area contributed by atoms with E-state index in [9.17, 15) is 9.59 Å². The lowest BCUT2D eigenvalue weighted by Crippen LogP contribution is -2.44. The van der Waals surface area contributed by atoms with Crippen LogP contribution in [0.25, 0.3) is 0 Å². The van der Waals surface area contributed by atoms with Gasteiger partial charge in [0.15, 0.2) is 0 Å². The summed E-state index contributed by atoms with van der Waals surface area (Å²) in [5.74, 6) is -0.294. The second-order valence-electron chi connectivity index (χ2n) is 6.64. The Labute approximate surface area is 160 Å². The molecule has 0 aliphatic heterocycles. The normalized spacial score (nSPS) is 10.7. The van der Waals surface area contributed by atoms with Crippen molar-refractivity contribution in [3.05, 3.63) is 64.7 Å². The number of halogens is 1. The Morgan fingerprint density at radius 3 is 2.27 bits per heavy atom. The minimum absolute atomic E-state index is 0.0142. The van der Waals surface area contributed by atoms with Crippen molar-refractivity contribution >= 4 is 29.1 Å². The van der Waals surface area contributed by atoms with Gasteiger partial charge in [-0.05, 0) is 44.0 Å². The van der Waals surface area contributed by atoms with Crippen molar-refractivity contribution in [1.82, 2.24) is 4.90 Å². The average Bonchev–Trinajstić information content (AvgIpc) is 2.60. The first-order valence-electron chi connectivity index (χ1n) is 8.67. The fourth-order valence-corrected chi connectivity index (χ4v) is 2.87. The summed E-state index contributed by atoms with van der Waals surface area (Å²) in [6.07, 6.45) is 0. The van der Waals surface area contributed by atoms with Gasteiger partial charge in [0, 0.05) is 30.2 Å². The largest absolute Gasteiger partial charge is 0.334 e. The van der Waals surface area contributed by atoms with Crippen LogP contribution in [0.5, 0.6) is 0 Å². The van der Waals surface area contributed by atoms with E-state index >= 15 is 0 Å². The second-order valence-corrected chi connectivity index (χ2v) is 7.05. The van der Waals surface area contributed by atoms with E-state index in [4.69, 9.17) is 11.6 Å². The number of hydrogen-bond acceptors (Lipinski definition) is 2. The molecule has 4 nitrogen and oxygen atoms in total. The molecular weight excluding hydrogens is 348 g/mol. The molecule has 0 N–H and O–H groups in total. The van der Waals surface area contributed by atoms with Crippen LogP contribution in [0.2, 0.25) is 5.02 Å². The molecular formula is C21H25ClN2O2. The molecule has 0 bridgehead atoms. The van der Waals surface area contributed by atoms with Crippen molar-refractivity contribution in [1.29, 1.82) is 0 Å². The SMILES string of the molecule is CC(=O)N(CC(=O)N(Cc1ccccc1)C(C)C)c1ccc(C)c(Cl)c1. The van der Waals surface area contributed by atoms with E-state index in [0.717, 1.165) is 11.1 Å². The topological polar surface area (TPSA) is 40.6 Å². The van der Waals surface area contributed by atoms with Crippen molar-refractivity contribution in [3.63, 3.8) is 0 Å². The van der Waals surface area contributed by atoms with Crippen molar-refractivity contribution in [3.8, 4) is 0 Å². The van der Waals surface area contributed by atoms with Crippen molar-refractivity contribution in [2.45, 2.75) is 40.3 Å². The summed E-state index contributed by atoms with van der Waals surface area (Å²) in [6.45, 7) is 7.80. The molecule has 0 aromatic heterocycles. The van der Waals surface area contributed by atoms with Crippen LogP contribution in [0.4, 0.5) is 5.69 Å². The Balaban J connectivity index is 2.21. The molecule has 0 atom stereocenters. The van der Waals surface area contributed by atoms with Gasteiger partial charge in [-0.3, -0.25) is 9.59 Å². The number of rotatable bonds is 6. The van der Waals surface area contributed by atoms with E-state index in [1.54, 1.807) is 11.0 Å². The first-order valence-corrected chi connectivity index (χ1v) is 9.05. The van der Waals surface area contributed by atoms with Crippen molar-refractivity contribution in [2.24, 2.45) is 0 Å². The third-order valence-corrected chi connectivity index (χ3v) is 4.69. The van der Waals surface area contributed by atoms with Crippen LogP contribution in [0.1, 0.15) is 31.9 Å². The molecule has 0 saturated heterocycles. The Hall–Kier alpha value is -2.33. The molecule has 0 heterocycles. The number of anilines is 1. The van der Waals surface area contributed by atoms with Gasteiger partial charge < -0.3 is 9.80 Å². The number of nitrogens with zero attached hydrogens (tertiary/aromatic N) is 2. The first kappa shape index (κ1) is 20.0. The predicted molar refractivity (Wildman–Crippen MR) is 106 cm³/mol. The van der Waals surface area contributed by atoms with Crippen LogP contribution in [0, 0.1) is 6.92 Å². The summed E-state index contributed by atoms with van der Waals surface area (Å²) >= 11 is 6.19. The molecule has 2 rings (SSSR count). The van der Waals surface area contributed by atoms with Crippen LogP contribution in [0.15, 0.2) is 48.5 Å². The molecule has 138 valence electrons. The minimum Gasteiger partial charge on any atom is -0.334 e. The lowest BCUT2D eigenvalue weighted by atomic mass is 10.1. The van der Waals surface area contributed by atoms with Gasteiger partial charge in [0.2, 0.25) is 11.8 Å². The van der Waals surface area contributed by atoms with E-state index in [1.807, 2.05) is 63.2 Å². The molecule has 2 aromatic rings. The zero-order valence-corrected chi connectivity index (χ0v) is 16.5. The van der Waals surface area contributed by atoms with Gasteiger partial charge in [-0.1, -0.05) is 48.0 Å². The van der Waals surface area contributed by atoms with Crippen LogP contribution in [-0.4, -0.2) is 29.3 Å². The van der Waals surface area contributed by atoms with E-state index in [0.29, 0.717) is 17.3 Å². The zero-order valence-electron chi connectivity index (χ0n) is 15.7. The molecule has 0 fully saturated rings. The van der Waals surface area contributed by atoms with Crippen LogP contribution in [-0.2, 0) is 16.1 Å². The molecule has 0 unspecified atom stereocenters. The van der Waals surface area contributed by atoms with Gasteiger partial charge in [0.25, 0.3) is 0 Å². The van der Waals surface area contributed by atoms with Gasteiger partial charge in [-0.2, -0.15) is 0 Å². The second kappa shape index (κ2) is 8.86. The summed E-state index contributed by atoms with van der Waals surface area (Å²) in [4.78, 5) is 28.3. The minimum atomic E-state index is -0.193. The lowest BCUT2D eigenvalue weighted by molar-refractivity contribution is -0.133. The van der Waals surface area contributed by atoms with Crippen LogP contribution in [0.3, 0.4) is 0 Å². The molecule has 0 spiro atoms.